The van der Waals surface area contributed by atoms with E-state index in [1.165, 1.54) is 9.69 Å². The van der Waals surface area contributed by atoms with Gasteiger partial charge < -0.3 is 10.1 Å². The van der Waals surface area contributed by atoms with Gasteiger partial charge in [-0.15, -0.1) is 5.10 Å². The Morgan fingerprint density at radius 3 is 2.26 bits per heavy atom. The number of H-pyrrole nitrogens is 1. The molecule has 5 rings (SSSR count). The Hall–Kier alpha value is -4.72. The fourth-order valence-corrected chi connectivity index (χ4v) is 3.97. The first-order valence-electron chi connectivity index (χ1n) is 10.7. The number of amides is 1. The number of aromatic amines is 1. The number of benzene rings is 2. The van der Waals surface area contributed by atoms with Gasteiger partial charge in [0.05, 0.1) is 28.0 Å². The van der Waals surface area contributed by atoms with Gasteiger partial charge in [-0.05, 0) is 55.8 Å². The van der Waals surface area contributed by atoms with Crippen LogP contribution in [0.3, 0.4) is 0 Å². The molecular formula is C26H21N5O3. The van der Waals surface area contributed by atoms with Gasteiger partial charge in [-0.2, -0.15) is 14.8 Å². The van der Waals surface area contributed by atoms with Crippen molar-refractivity contribution in [3.05, 3.63) is 99.9 Å². The Morgan fingerprint density at radius 2 is 1.59 bits per heavy atom. The van der Waals surface area contributed by atoms with Crippen LogP contribution >= 0.6 is 0 Å². The summed E-state index contributed by atoms with van der Waals surface area (Å²) in [5.74, 6) is -0.299. The summed E-state index contributed by atoms with van der Waals surface area (Å²) >= 11 is 0. The van der Waals surface area contributed by atoms with Crippen LogP contribution < -0.4 is 10.6 Å². The summed E-state index contributed by atoms with van der Waals surface area (Å²) in [4.78, 5) is 28.3. The van der Waals surface area contributed by atoms with Crippen molar-refractivity contribution in [1.82, 2.24) is 14.8 Å². The zero-order chi connectivity index (χ0) is 23.8. The van der Waals surface area contributed by atoms with E-state index in [0.717, 1.165) is 0 Å². The average Bonchev–Trinajstić information content (AvgIpc) is 3.32. The molecule has 0 unspecified atom stereocenters. The third-order valence-corrected chi connectivity index (χ3v) is 5.71. The monoisotopic (exact) mass is 451 g/mol. The third-order valence-electron chi connectivity index (χ3n) is 5.71. The Morgan fingerprint density at radius 1 is 0.941 bits per heavy atom. The highest BCUT2D eigenvalue weighted by Gasteiger charge is 2.28. The van der Waals surface area contributed by atoms with Gasteiger partial charge in [0, 0.05) is 5.56 Å². The van der Waals surface area contributed by atoms with Crippen LogP contribution in [0.2, 0.25) is 0 Å². The van der Waals surface area contributed by atoms with E-state index < -0.39 is 0 Å². The number of nitrogens with zero attached hydrogens (tertiary/aromatic N) is 4. The number of aromatic hydroxyl groups is 1. The minimum atomic E-state index is -0.341. The van der Waals surface area contributed by atoms with Crippen molar-refractivity contribution in [3.8, 4) is 11.6 Å². The van der Waals surface area contributed by atoms with Crippen molar-refractivity contribution in [2.45, 2.75) is 13.8 Å². The molecule has 0 spiro atoms. The van der Waals surface area contributed by atoms with E-state index in [1.54, 1.807) is 32.1 Å². The van der Waals surface area contributed by atoms with E-state index in [2.05, 4.69) is 15.2 Å². The fourth-order valence-electron chi connectivity index (χ4n) is 3.97. The number of anilines is 1. The second kappa shape index (κ2) is 8.32. The fraction of sp³-hybridized carbons (Fsp3) is 0.0769. The highest BCUT2D eigenvalue weighted by Crippen LogP contribution is 2.30. The largest absolute Gasteiger partial charge is 0.493 e. The molecule has 8 heteroatoms. The zero-order valence-electron chi connectivity index (χ0n) is 18.6. The number of hydrazone groups is 1. The summed E-state index contributed by atoms with van der Waals surface area (Å²) in [5, 5.41) is 21.3. The summed E-state index contributed by atoms with van der Waals surface area (Å²) in [5.41, 5.74) is 3.29. The van der Waals surface area contributed by atoms with E-state index in [9.17, 15) is 14.7 Å². The number of aryl methyl sites for hydroxylation is 1. The summed E-state index contributed by atoms with van der Waals surface area (Å²) < 4.78 is 1.39. The van der Waals surface area contributed by atoms with Crippen molar-refractivity contribution in [1.29, 1.82) is 0 Å². The molecule has 1 aliphatic heterocycles. The summed E-state index contributed by atoms with van der Waals surface area (Å²) in [6.45, 7) is 3.52. The molecule has 0 aliphatic carbocycles. The SMILES string of the molecule is CC1=NN(c2ccccc2)C(=O)/C1=C\C=Cc1c(C)c2c(O)n(-c3ccccc3)nc2[nH]c1=O. The van der Waals surface area contributed by atoms with Gasteiger partial charge in [0.15, 0.2) is 5.65 Å². The number of fused-ring (bicyclic) bond motifs is 1. The van der Waals surface area contributed by atoms with Crippen LogP contribution in [0, 0.1) is 6.92 Å². The van der Waals surface area contributed by atoms with Gasteiger partial charge in [0.2, 0.25) is 5.88 Å². The molecule has 3 heterocycles. The molecule has 0 saturated heterocycles. The van der Waals surface area contributed by atoms with Gasteiger partial charge in [-0.3, -0.25) is 9.59 Å². The number of carbonyl (C=O) groups excluding carboxylic acids is 1. The quantitative estimate of drug-likeness (QED) is 0.456. The van der Waals surface area contributed by atoms with Crippen LogP contribution in [0.5, 0.6) is 5.88 Å². The third kappa shape index (κ3) is 3.51. The van der Waals surface area contributed by atoms with Gasteiger partial charge in [-0.25, -0.2) is 0 Å². The van der Waals surface area contributed by atoms with Crippen LogP contribution in [0.25, 0.3) is 22.8 Å². The molecule has 4 aromatic rings. The lowest BCUT2D eigenvalue weighted by Gasteiger charge is -2.10. The highest BCUT2D eigenvalue weighted by atomic mass is 16.3. The minimum absolute atomic E-state index is 0.0598. The molecule has 0 bridgehead atoms. The molecule has 0 fully saturated rings. The smallest absolute Gasteiger partial charge is 0.280 e. The highest BCUT2D eigenvalue weighted by molar-refractivity contribution is 6.29. The van der Waals surface area contributed by atoms with E-state index in [1.807, 2.05) is 60.7 Å². The van der Waals surface area contributed by atoms with E-state index >= 15 is 0 Å². The minimum Gasteiger partial charge on any atom is -0.493 e. The molecule has 8 nitrogen and oxygen atoms in total. The zero-order valence-corrected chi connectivity index (χ0v) is 18.6. The van der Waals surface area contributed by atoms with Gasteiger partial charge in [-0.1, -0.05) is 42.5 Å². The number of nitrogens with one attached hydrogen (secondary N) is 1. The number of pyridine rings is 1. The van der Waals surface area contributed by atoms with Crippen LogP contribution in [0.1, 0.15) is 18.1 Å². The normalized spacial score (nSPS) is 15.1. The van der Waals surface area contributed by atoms with Crippen molar-refractivity contribution in [2.75, 3.05) is 5.01 Å². The Labute approximate surface area is 194 Å². The van der Waals surface area contributed by atoms with Crippen molar-refractivity contribution in [3.63, 3.8) is 0 Å². The Kier molecular flexibility index (Phi) is 5.18. The van der Waals surface area contributed by atoms with Crippen LogP contribution in [0.15, 0.2) is 88.3 Å². The van der Waals surface area contributed by atoms with E-state index in [-0.39, 0.29) is 17.3 Å². The number of rotatable bonds is 4. The second-order valence-electron chi connectivity index (χ2n) is 7.86. The average molecular weight is 451 g/mol. The lowest BCUT2D eigenvalue weighted by molar-refractivity contribution is -0.114. The first-order valence-corrected chi connectivity index (χ1v) is 10.7. The van der Waals surface area contributed by atoms with Crippen LogP contribution in [0.4, 0.5) is 5.69 Å². The Bertz CT molecular complexity index is 1560. The number of hydrogen-bond acceptors (Lipinski definition) is 5. The van der Waals surface area contributed by atoms with E-state index in [4.69, 9.17) is 0 Å². The molecule has 1 amide bonds. The van der Waals surface area contributed by atoms with Crippen LogP contribution in [-0.2, 0) is 4.79 Å². The molecule has 0 atom stereocenters. The standard InChI is InChI=1S/C26H21N5O3/c1-16-20(14-9-15-21-17(2)28-30(25(21)33)18-10-5-3-6-11-18)24(32)27-23-22(16)26(34)31(29-23)19-12-7-4-8-13-19/h3-15,34H,1-2H3,(H,27,29,32)/b14-9?,21-15-. The van der Waals surface area contributed by atoms with Gasteiger partial charge >= 0.3 is 0 Å². The molecular weight excluding hydrogens is 430 g/mol. The van der Waals surface area contributed by atoms with Crippen molar-refractivity contribution < 1.29 is 9.90 Å². The Balaban J connectivity index is 1.50. The molecule has 2 N–H and O–H groups in total. The number of allylic oxidation sites excluding steroid dienone is 2. The van der Waals surface area contributed by atoms with Crippen LogP contribution in [-0.4, -0.2) is 31.5 Å². The number of carbonyl (C=O) groups is 1. The van der Waals surface area contributed by atoms with Gasteiger partial charge in [0.25, 0.3) is 11.5 Å². The van der Waals surface area contributed by atoms with Crippen molar-refractivity contribution >= 4 is 34.4 Å². The molecule has 0 saturated carbocycles. The molecule has 0 radical (unpaired) electrons. The summed E-state index contributed by atoms with van der Waals surface area (Å²) in [6.07, 6.45) is 4.90. The first kappa shape index (κ1) is 21.1. The number of para-hydroxylation sites is 2. The molecule has 2 aromatic carbocycles. The number of aromatic nitrogens is 3. The predicted octanol–water partition coefficient (Wildman–Crippen LogP) is 4.09. The predicted molar refractivity (Wildman–Crippen MR) is 132 cm³/mol. The summed E-state index contributed by atoms with van der Waals surface area (Å²) in [6, 6.07) is 18.4. The lowest BCUT2D eigenvalue weighted by Crippen LogP contribution is -2.21. The maximum atomic E-state index is 12.8. The molecule has 168 valence electrons. The first-order chi connectivity index (χ1) is 16.5. The summed E-state index contributed by atoms with van der Waals surface area (Å²) in [7, 11) is 0. The van der Waals surface area contributed by atoms with E-state index in [0.29, 0.717) is 44.8 Å². The maximum Gasteiger partial charge on any atom is 0.280 e. The topological polar surface area (TPSA) is 104 Å². The molecule has 2 aromatic heterocycles. The maximum absolute atomic E-state index is 12.8. The van der Waals surface area contributed by atoms with Crippen molar-refractivity contribution in [2.24, 2.45) is 5.10 Å². The molecule has 1 aliphatic rings. The lowest BCUT2D eigenvalue weighted by atomic mass is 10.1. The van der Waals surface area contributed by atoms with Gasteiger partial charge in [0.1, 0.15) is 0 Å². The second-order valence-corrected chi connectivity index (χ2v) is 7.86. The molecule has 34 heavy (non-hydrogen) atoms. The number of hydrogen-bond donors (Lipinski definition) is 2.